The Balaban J connectivity index is 1.60. The SMILES string of the molecule is CC1CN=C(NCCC(=O)NCc2ccccc2)N1. The zero-order valence-electron chi connectivity index (χ0n) is 11.1. The second-order valence-electron chi connectivity index (χ2n) is 4.67. The molecule has 0 radical (unpaired) electrons. The summed E-state index contributed by atoms with van der Waals surface area (Å²) in [5.41, 5.74) is 1.11. The monoisotopic (exact) mass is 260 g/mol. The Morgan fingerprint density at radius 3 is 2.89 bits per heavy atom. The van der Waals surface area contributed by atoms with Crippen LogP contribution in [0, 0.1) is 0 Å². The standard InChI is InChI=1S/C14H20N4O/c1-11-9-17-14(18-11)15-8-7-13(19)16-10-12-5-3-2-4-6-12/h2-6,11H,7-10H2,1H3,(H,16,19)(H2,15,17,18). The van der Waals surface area contributed by atoms with E-state index in [2.05, 4.69) is 27.9 Å². The van der Waals surface area contributed by atoms with Crippen molar-refractivity contribution in [3.05, 3.63) is 35.9 Å². The lowest BCUT2D eigenvalue weighted by molar-refractivity contribution is -0.121. The summed E-state index contributed by atoms with van der Waals surface area (Å²) in [6, 6.07) is 10.3. The van der Waals surface area contributed by atoms with Gasteiger partial charge >= 0.3 is 0 Å². The smallest absolute Gasteiger partial charge is 0.222 e. The molecule has 5 heteroatoms. The van der Waals surface area contributed by atoms with Crippen LogP contribution in [0.2, 0.25) is 0 Å². The van der Waals surface area contributed by atoms with E-state index in [1.807, 2.05) is 30.3 Å². The van der Waals surface area contributed by atoms with Crippen molar-refractivity contribution in [1.29, 1.82) is 0 Å². The first-order chi connectivity index (χ1) is 9.24. The Bertz CT molecular complexity index is 444. The first-order valence-corrected chi connectivity index (χ1v) is 6.59. The number of nitrogens with one attached hydrogen (secondary N) is 3. The molecule has 2 rings (SSSR count). The summed E-state index contributed by atoms with van der Waals surface area (Å²) in [6.45, 7) is 4.04. The molecule has 0 fully saturated rings. The molecule has 1 heterocycles. The Morgan fingerprint density at radius 1 is 1.42 bits per heavy atom. The lowest BCUT2D eigenvalue weighted by Gasteiger charge is -2.09. The van der Waals surface area contributed by atoms with Crippen molar-refractivity contribution in [3.63, 3.8) is 0 Å². The van der Waals surface area contributed by atoms with Crippen LogP contribution >= 0.6 is 0 Å². The number of hydrogen-bond acceptors (Lipinski definition) is 4. The molecule has 1 unspecified atom stereocenters. The van der Waals surface area contributed by atoms with Crippen molar-refractivity contribution in [2.24, 2.45) is 4.99 Å². The van der Waals surface area contributed by atoms with Crippen molar-refractivity contribution >= 4 is 11.9 Å². The van der Waals surface area contributed by atoms with Crippen LogP contribution in [0.3, 0.4) is 0 Å². The summed E-state index contributed by atoms with van der Waals surface area (Å²) in [4.78, 5) is 15.9. The Labute approximate surface area is 113 Å². The van der Waals surface area contributed by atoms with Gasteiger partial charge in [-0.15, -0.1) is 0 Å². The Morgan fingerprint density at radius 2 is 2.21 bits per heavy atom. The highest BCUT2D eigenvalue weighted by Gasteiger charge is 2.11. The van der Waals surface area contributed by atoms with Gasteiger partial charge in [0.1, 0.15) is 0 Å². The van der Waals surface area contributed by atoms with E-state index in [4.69, 9.17) is 0 Å². The molecule has 0 saturated carbocycles. The fourth-order valence-corrected chi connectivity index (χ4v) is 1.84. The van der Waals surface area contributed by atoms with E-state index in [1.54, 1.807) is 0 Å². The molecule has 0 bridgehead atoms. The zero-order valence-corrected chi connectivity index (χ0v) is 11.1. The zero-order chi connectivity index (χ0) is 13.5. The summed E-state index contributed by atoms with van der Waals surface area (Å²) in [5, 5.41) is 9.21. The van der Waals surface area contributed by atoms with Gasteiger partial charge in [0, 0.05) is 25.6 Å². The van der Waals surface area contributed by atoms with Gasteiger partial charge in [-0.1, -0.05) is 30.3 Å². The van der Waals surface area contributed by atoms with E-state index in [-0.39, 0.29) is 5.91 Å². The minimum atomic E-state index is 0.0444. The highest BCUT2D eigenvalue weighted by molar-refractivity contribution is 5.82. The van der Waals surface area contributed by atoms with E-state index in [0.717, 1.165) is 18.1 Å². The number of rotatable bonds is 5. The Kier molecular flexibility index (Phi) is 4.78. The van der Waals surface area contributed by atoms with Crippen LogP contribution in [-0.4, -0.2) is 31.0 Å². The van der Waals surface area contributed by atoms with Crippen LogP contribution < -0.4 is 16.0 Å². The predicted molar refractivity (Wildman–Crippen MR) is 75.8 cm³/mol. The third kappa shape index (κ3) is 4.62. The lowest BCUT2D eigenvalue weighted by Crippen LogP contribution is -2.39. The van der Waals surface area contributed by atoms with E-state index < -0.39 is 0 Å². The average Bonchev–Trinajstić information content (AvgIpc) is 2.83. The highest BCUT2D eigenvalue weighted by Crippen LogP contribution is 1.97. The van der Waals surface area contributed by atoms with Gasteiger partial charge in [0.25, 0.3) is 0 Å². The van der Waals surface area contributed by atoms with E-state index >= 15 is 0 Å². The number of carbonyl (C=O) groups excluding carboxylic acids is 1. The van der Waals surface area contributed by atoms with Gasteiger partial charge in [0.2, 0.25) is 5.91 Å². The topological polar surface area (TPSA) is 65.5 Å². The maximum atomic E-state index is 11.6. The fraction of sp³-hybridized carbons (Fsp3) is 0.429. The molecule has 1 amide bonds. The molecule has 1 atom stereocenters. The molecule has 1 aromatic rings. The molecule has 3 N–H and O–H groups in total. The van der Waals surface area contributed by atoms with Crippen molar-refractivity contribution in [3.8, 4) is 0 Å². The fourth-order valence-electron chi connectivity index (χ4n) is 1.84. The molecule has 0 aliphatic carbocycles. The summed E-state index contributed by atoms with van der Waals surface area (Å²) in [6.07, 6.45) is 0.446. The number of aliphatic imine (C=N–C) groups is 1. The number of amides is 1. The van der Waals surface area contributed by atoms with Crippen LogP contribution in [-0.2, 0) is 11.3 Å². The van der Waals surface area contributed by atoms with Crippen molar-refractivity contribution in [2.75, 3.05) is 13.1 Å². The molecular formula is C14H20N4O. The average molecular weight is 260 g/mol. The largest absolute Gasteiger partial charge is 0.356 e. The van der Waals surface area contributed by atoms with Crippen LogP contribution in [0.15, 0.2) is 35.3 Å². The minimum absolute atomic E-state index is 0.0444. The summed E-state index contributed by atoms with van der Waals surface area (Å²) in [5.74, 6) is 0.839. The van der Waals surface area contributed by atoms with Crippen molar-refractivity contribution in [2.45, 2.75) is 25.9 Å². The molecule has 19 heavy (non-hydrogen) atoms. The van der Waals surface area contributed by atoms with Crippen LogP contribution in [0.1, 0.15) is 18.9 Å². The minimum Gasteiger partial charge on any atom is -0.356 e. The number of nitrogens with zero attached hydrogens (tertiary/aromatic N) is 1. The lowest BCUT2D eigenvalue weighted by atomic mass is 10.2. The van der Waals surface area contributed by atoms with Gasteiger partial charge in [-0.2, -0.15) is 0 Å². The number of benzene rings is 1. The summed E-state index contributed by atoms with van der Waals surface area (Å²) in [7, 11) is 0. The Hall–Kier alpha value is -2.04. The third-order valence-electron chi connectivity index (χ3n) is 2.88. The van der Waals surface area contributed by atoms with Gasteiger partial charge in [-0.25, -0.2) is 0 Å². The number of carbonyl (C=O) groups is 1. The molecule has 0 saturated heterocycles. The molecule has 0 spiro atoms. The predicted octanol–water partition coefficient (Wildman–Crippen LogP) is 0.630. The van der Waals surface area contributed by atoms with Crippen molar-refractivity contribution in [1.82, 2.24) is 16.0 Å². The van der Waals surface area contributed by atoms with Gasteiger partial charge in [0.15, 0.2) is 5.96 Å². The number of guanidine groups is 1. The highest BCUT2D eigenvalue weighted by atomic mass is 16.1. The number of hydrogen-bond donors (Lipinski definition) is 3. The summed E-state index contributed by atoms with van der Waals surface area (Å²) < 4.78 is 0. The maximum Gasteiger partial charge on any atom is 0.222 e. The van der Waals surface area contributed by atoms with Crippen molar-refractivity contribution < 1.29 is 4.79 Å². The molecule has 5 nitrogen and oxygen atoms in total. The second-order valence-corrected chi connectivity index (χ2v) is 4.67. The second kappa shape index (κ2) is 6.78. The normalized spacial score (nSPS) is 17.5. The molecule has 0 aromatic heterocycles. The molecule has 1 aromatic carbocycles. The van der Waals surface area contributed by atoms with E-state index in [0.29, 0.717) is 25.6 Å². The first-order valence-electron chi connectivity index (χ1n) is 6.59. The first kappa shape index (κ1) is 13.4. The van der Waals surface area contributed by atoms with Crippen LogP contribution in [0.5, 0.6) is 0 Å². The van der Waals surface area contributed by atoms with Crippen LogP contribution in [0.25, 0.3) is 0 Å². The van der Waals surface area contributed by atoms with E-state index in [9.17, 15) is 4.79 Å². The van der Waals surface area contributed by atoms with Crippen LogP contribution in [0.4, 0.5) is 0 Å². The van der Waals surface area contributed by atoms with Gasteiger partial charge in [-0.05, 0) is 12.5 Å². The van der Waals surface area contributed by atoms with E-state index in [1.165, 1.54) is 0 Å². The van der Waals surface area contributed by atoms with Gasteiger partial charge < -0.3 is 16.0 Å². The molecular weight excluding hydrogens is 240 g/mol. The third-order valence-corrected chi connectivity index (χ3v) is 2.88. The molecule has 1 aliphatic rings. The van der Waals surface area contributed by atoms with Gasteiger partial charge in [-0.3, -0.25) is 9.79 Å². The molecule has 102 valence electrons. The molecule has 1 aliphatic heterocycles. The quantitative estimate of drug-likeness (QED) is 0.727. The van der Waals surface area contributed by atoms with Gasteiger partial charge in [0.05, 0.1) is 6.54 Å². The summed E-state index contributed by atoms with van der Waals surface area (Å²) >= 11 is 0. The maximum absolute atomic E-state index is 11.6.